The third kappa shape index (κ3) is 4.54. The molecule has 0 bridgehead atoms. The zero-order valence-corrected chi connectivity index (χ0v) is 20.5. The van der Waals surface area contributed by atoms with Crippen LogP contribution in [0.4, 0.5) is 0 Å². The third-order valence-corrected chi connectivity index (χ3v) is 7.07. The van der Waals surface area contributed by atoms with Gasteiger partial charge in [0.05, 0.1) is 25.9 Å². The summed E-state index contributed by atoms with van der Waals surface area (Å²) in [6, 6.07) is 8.03. The van der Waals surface area contributed by atoms with Crippen LogP contribution in [0.2, 0.25) is 0 Å². The molecule has 0 spiro atoms. The van der Waals surface area contributed by atoms with Crippen molar-refractivity contribution in [2.45, 2.75) is 65.1 Å². The highest BCUT2D eigenvalue weighted by Gasteiger charge is 2.33. The molecule has 3 heterocycles. The van der Waals surface area contributed by atoms with Gasteiger partial charge in [0.25, 0.3) is 11.8 Å². The molecule has 1 N–H and O–H groups in total. The molecule has 1 fully saturated rings. The number of hydrogen-bond donors (Lipinski definition) is 1. The molecule has 1 aliphatic carbocycles. The maximum absolute atomic E-state index is 13.3. The number of aryl methyl sites for hydroxylation is 2. The summed E-state index contributed by atoms with van der Waals surface area (Å²) in [5.74, 6) is 1.01. The molecule has 2 amide bonds. The van der Waals surface area contributed by atoms with Crippen LogP contribution < -0.4 is 10.1 Å². The smallest absolute Gasteiger partial charge is 0.272 e. The van der Waals surface area contributed by atoms with Gasteiger partial charge in [-0.15, -0.1) is 0 Å². The van der Waals surface area contributed by atoms with Gasteiger partial charge in [-0.25, -0.2) is 0 Å². The highest BCUT2D eigenvalue weighted by atomic mass is 16.5. The first-order valence-corrected chi connectivity index (χ1v) is 12.2. The minimum atomic E-state index is -0.159. The number of carbonyl (C=O) groups excluding carboxylic acids is 2. The summed E-state index contributed by atoms with van der Waals surface area (Å²) >= 11 is 0. The zero-order chi connectivity index (χ0) is 24.5. The molecule has 0 saturated heterocycles. The molecule has 9 heteroatoms. The number of amides is 2. The van der Waals surface area contributed by atoms with E-state index < -0.39 is 0 Å². The van der Waals surface area contributed by atoms with Gasteiger partial charge in [-0.3, -0.25) is 14.3 Å². The first-order chi connectivity index (χ1) is 16.9. The second kappa shape index (κ2) is 9.56. The van der Waals surface area contributed by atoms with Crippen LogP contribution >= 0.6 is 0 Å². The van der Waals surface area contributed by atoms with E-state index in [1.807, 2.05) is 28.9 Å². The van der Waals surface area contributed by atoms with Crippen molar-refractivity contribution >= 4 is 11.8 Å². The van der Waals surface area contributed by atoms with Crippen LogP contribution in [0.15, 0.2) is 28.8 Å². The molecule has 0 atom stereocenters. The highest BCUT2D eigenvalue weighted by molar-refractivity contribution is 5.97. The van der Waals surface area contributed by atoms with E-state index in [0.717, 1.165) is 48.3 Å². The van der Waals surface area contributed by atoms with Crippen LogP contribution in [0.3, 0.4) is 0 Å². The molecule has 2 aromatic heterocycles. The summed E-state index contributed by atoms with van der Waals surface area (Å²) < 4.78 is 12.4. The van der Waals surface area contributed by atoms with Crippen LogP contribution in [0.25, 0.3) is 0 Å². The lowest BCUT2D eigenvalue weighted by molar-refractivity contribution is 0.0727. The van der Waals surface area contributed by atoms with Crippen LogP contribution in [0.5, 0.6) is 5.75 Å². The lowest BCUT2D eigenvalue weighted by Gasteiger charge is -2.28. The van der Waals surface area contributed by atoms with E-state index in [4.69, 9.17) is 14.4 Å². The number of aromatic nitrogens is 3. The van der Waals surface area contributed by atoms with E-state index in [9.17, 15) is 9.59 Å². The van der Waals surface area contributed by atoms with E-state index >= 15 is 0 Å². The Kier molecular flexibility index (Phi) is 6.32. The summed E-state index contributed by atoms with van der Waals surface area (Å²) in [5.41, 5.74) is 4.37. The Hall–Kier alpha value is -3.62. The average Bonchev–Trinajstić information content (AvgIpc) is 3.58. The maximum atomic E-state index is 13.3. The number of nitrogens with one attached hydrogen (secondary N) is 1. The van der Waals surface area contributed by atoms with E-state index in [1.54, 1.807) is 25.9 Å². The molecule has 3 aromatic rings. The lowest BCUT2D eigenvalue weighted by atomic mass is 10.0. The van der Waals surface area contributed by atoms with Gasteiger partial charge in [0.1, 0.15) is 17.1 Å². The zero-order valence-electron chi connectivity index (χ0n) is 20.5. The molecule has 184 valence electrons. The number of rotatable bonds is 6. The van der Waals surface area contributed by atoms with E-state index in [0.29, 0.717) is 48.8 Å². The largest absolute Gasteiger partial charge is 0.497 e. The fraction of sp³-hybridized carbons (Fsp3) is 0.462. The number of fused-ring (bicyclic) bond motifs is 1. The molecule has 2 aliphatic rings. The SMILES string of the molecule is COc1ccc(Cn2nc(C(=O)NC3CCCC3)c3c2CCN(C(=O)c2c(C)noc2C)C3)cc1. The van der Waals surface area contributed by atoms with Gasteiger partial charge in [0.2, 0.25) is 0 Å². The number of benzene rings is 1. The molecular weight excluding hydrogens is 446 g/mol. The number of hydrogen-bond acceptors (Lipinski definition) is 6. The average molecular weight is 478 g/mol. The van der Waals surface area contributed by atoms with Crippen LogP contribution in [-0.4, -0.2) is 51.3 Å². The standard InChI is InChI=1S/C26H31N5O4/c1-16-23(17(2)35-29-16)26(33)30-13-12-22-21(15-30)24(25(32)27-19-6-4-5-7-19)28-31(22)14-18-8-10-20(34-3)11-9-18/h8-11,19H,4-7,12-15H2,1-3H3,(H,27,32). The summed E-state index contributed by atoms with van der Waals surface area (Å²) in [4.78, 5) is 28.4. The van der Waals surface area contributed by atoms with Crippen LogP contribution in [-0.2, 0) is 19.5 Å². The molecule has 1 aromatic carbocycles. The molecule has 9 nitrogen and oxygen atoms in total. The minimum Gasteiger partial charge on any atom is -0.497 e. The van der Waals surface area contributed by atoms with Crippen molar-refractivity contribution in [3.8, 4) is 5.75 Å². The van der Waals surface area contributed by atoms with Crippen molar-refractivity contribution in [3.05, 3.63) is 63.8 Å². The molecule has 0 radical (unpaired) electrons. The first kappa shape index (κ1) is 23.1. The van der Waals surface area contributed by atoms with Gasteiger partial charge in [0.15, 0.2) is 5.69 Å². The molecule has 5 rings (SSSR count). The Morgan fingerprint density at radius 3 is 2.57 bits per heavy atom. The lowest BCUT2D eigenvalue weighted by Crippen LogP contribution is -2.38. The van der Waals surface area contributed by atoms with Gasteiger partial charge < -0.3 is 19.5 Å². The number of carbonyl (C=O) groups is 2. The second-order valence-corrected chi connectivity index (χ2v) is 9.41. The fourth-order valence-corrected chi connectivity index (χ4v) is 5.15. The summed E-state index contributed by atoms with van der Waals surface area (Å²) in [6.07, 6.45) is 4.88. The van der Waals surface area contributed by atoms with Gasteiger partial charge in [-0.05, 0) is 44.4 Å². The van der Waals surface area contributed by atoms with Crippen molar-refractivity contribution in [2.75, 3.05) is 13.7 Å². The molecular formula is C26H31N5O4. The van der Waals surface area contributed by atoms with Crippen molar-refractivity contribution in [3.63, 3.8) is 0 Å². The number of methoxy groups -OCH3 is 1. The molecule has 1 aliphatic heterocycles. The summed E-state index contributed by atoms with van der Waals surface area (Å²) in [7, 11) is 1.64. The maximum Gasteiger partial charge on any atom is 0.272 e. The quantitative estimate of drug-likeness (QED) is 0.584. The van der Waals surface area contributed by atoms with Gasteiger partial charge in [-0.2, -0.15) is 5.10 Å². The molecule has 1 saturated carbocycles. The Balaban J connectivity index is 1.45. The first-order valence-electron chi connectivity index (χ1n) is 12.2. The third-order valence-electron chi connectivity index (χ3n) is 7.07. The topological polar surface area (TPSA) is 102 Å². The molecule has 35 heavy (non-hydrogen) atoms. The Morgan fingerprint density at radius 2 is 1.91 bits per heavy atom. The Morgan fingerprint density at radius 1 is 1.17 bits per heavy atom. The molecule has 0 unspecified atom stereocenters. The van der Waals surface area contributed by atoms with E-state index in [1.165, 1.54) is 0 Å². The van der Waals surface area contributed by atoms with Gasteiger partial charge in [0, 0.05) is 30.3 Å². The Bertz CT molecular complexity index is 1220. The van der Waals surface area contributed by atoms with Crippen molar-refractivity contribution in [1.82, 2.24) is 25.2 Å². The fourth-order valence-electron chi connectivity index (χ4n) is 5.15. The normalized spacial score (nSPS) is 15.8. The van der Waals surface area contributed by atoms with E-state index in [2.05, 4.69) is 10.5 Å². The number of nitrogens with zero attached hydrogens (tertiary/aromatic N) is 4. The van der Waals surface area contributed by atoms with E-state index in [-0.39, 0.29) is 17.9 Å². The monoisotopic (exact) mass is 477 g/mol. The van der Waals surface area contributed by atoms with Crippen LogP contribution in [0, 0.1) is 13.8 Å². The highest BCUT2D eigenvalue weighted by Crippen LogP contribution is 2.27. The summed E-state index contributed by atoms with van der Waals surface area (Å²) in [5, 5.41) is 11.9. The predicted octanol–water partition coefficient (Wildman–Crippen LogP) is 3.42. The Labute approximate surface area is 204 Å². The van der Waals surface area contributed by atoms with Gasteiger partial charge >= 0.3 is 0 Å². The van der Waals surface area contributed by atoms with Crippen molar-refractivity contribution in [2.24, 2.45) is 0 Å². The second-order valence-electron chi connectivity index (χ2n) is 9.41. The predicted molar refractivity (Wildman–Crippen MR) is 128 cm³/mol. The van der Waals surface area contributed by atoms with Crippen molar-refractivity contribution in [1.29, 1.82) is 0 Å². The van der Waals surface area contributed by atoms with Crippen LogP contribution in [0.1, 0.15) is 74.8 Å². The van der Waals surface area contributed by atoms with Crippen molar-refractivity contribution < 1.29 is 18.8 Å². The van der Waals surface area contributed by atoms with Gasteiger partial charge in [-0.1, -0.05) is 30.1 Å². The number of ether oxygens (including phenoxy) is 1. The minimum absolute atomic E-state index is 0.128. The summed E-state index contributed by atoms with van der Waals surface area (Å²) in [6.45, 7) is 4.92.